The topological polar surface area (TPSA) is 106 Å². The standard InChI is InChI=1S/C20H24N4O3/c1-10-6-14(10)15-5-4-13-11(7-12-9-23-20(22)24-19(12)21)8-16(25-2)18(26-3)17(13)27-15/h4-5,8-10,14-15H,6-7H2,1-3H3,(H4,21,22,23,24). The largest absolute Gasteiger partial charge is 0.493 e. The van der Waals surface area contributed by atoms with Crippen LogP contribution in [0.5, 0.6) is 17.2 Å². The molecule has 2 aromatic rings. The smallest absolute Gasteiger partial charge is 0.221 e. The van der Waals surface area contributed by atoms with E-state index >= 15 is 0 Å². The van der Waals surface area contributed by atoms with E-state index in [2.05, 4.69) is 29.0 Å². The number of aromatic nitrogens is 2. The van der Waals surface area contributed by atoms with Crippen molar-refractivity contribution in [3.8, 4) is 17.2 Å². The summed E-state index contributed by atoms with van der Waals surface area (Å²) in [5, 5.41) is 0. The summed E-state index contributed by atoms with van der Waals surface area (Å²) in [6.07, 6.45) is 7.68. The van der Waals surface area contributed by atoms with Crippen LogP contribution in [0.25, 0.3) is 6.08 Å². The Labute approximate surface area is 158 Å². The lowest BCUT2D eigenvalue weighted by Crippen LogP contribution is -2.21. The number of nitrogens with zero attached hydrogens (tertiary/aromatic N) is 2. The van der Waals surface area contributed by atoms with Crippen LogP contribution in [0.1, 0.15) is 30.0 Å². The third kappa shape index (κ3) is 3.13. The van der Waals surface area contributed by atoms with Gasteiger partial charge in [0, 0.05) is 29.7 Å². The highest BCUT2D eigenvalue weighted by molar-refractivity contribution is 5.72. The average molecular weight is 368 g/mol. The van der Waals surface area contributed by atoms with E-state index < -0.39 is 0 Å². The maximum absolute atomic E-state index is 6.34. The fourth-order valence-electron chi connectivity index (χ4n) is 3.65. The van der Waals surface area contributed by atoms with Gasteiger partial charge < -0.3 is 25.7 Å². The molecule has 0 spiro atoms. The molecular formula is C20H24N4O3. The molecule has 0 saturated heterocycles. The minimum absolute atomic E-state index is 0.0614. The number of hydrogen-bond donors (Lipinski definition) is 2. The lowest BCUT2D eigenvalue weighted by molar-refractivity contribution is 0.204. The van der Waals surface area contributed by atoms with Gasteiger partial charge in [0.05, 0.1) is 14.2 Å². The Balaban J connectivity index is 1.76. The van der Waals surface area contributed by atoms with E-state index in [0.717, 1.165) is 16.7 Å². The minimum Gasteiger partial charge on any atom is -0.493 e. The van der Waals surface area contributed by atoms with Crippen LogP contribution in [0, 0.1) is 11.8 Å². The first-order valence-corrected chi connectivity index (χ1v) is 9.01. The van der Waals surface area contributed by atoms with Gasteiger partial charge in [-0.1, -0.05) is 13.0 Å². The van der Waals surface area contributed by atoms with Crippen LogP contribution < -0.4 is 25.7 Å². The monoisotopic (exact) mass is 368 g/mol. The molecule has 3 atom stereocenters. The summed E-state index contributed by atoms with van der Waals surface area (Å²) >= 11 is 0. The third-order valence-electron chi connectivity index (χ3n) is 5.35. The van der Waals surface area contributed by atoms with Crippen LogP contribution >= 0.6 is 0 Å². The molecule has 1 aliphatic carbocycles. The summed E-state index contributed by atoms with van der Waals surface area (Å²) in [4.78, 5) is 8.11. The molecule has 3 unspecified atom stereocenters. The Bertz CT molecular complexity index is 913. The molecule has 1 fully saturated rings. The fraction of sp³-hybridized carbons (Fsp3) is 0.400. The molecular weight excluding hydrogens is 344 g/mol. The molecule has 1 aromatic heterocycles. The number of nitrogen functional groups attached to an aromatic ring is 2. The quantitative estimate of drug-likeness (QED) is 0.836. The molecule has 2 heterocycles. The second-order valence-corrected chi connectivity index (χ2v) is 7.15. The number of methoxy groups -OCH3 is 2. The van der Waals surface area contributed by atoms with E-state index in [1.807, 2.05) is 6.07 Å². The van der Waals surface area contributed by atoms with Crippen molar-refractivity contribution < 1.29 is 14.2 Å². The number of benzene rings is 1. The molecule has 1 saturated carbocycles. The highest BCUT2D eigenvalue weighted by Crippen LogP contribution is 2.50. The zero-order valence-electron chi connectivity index (χ0n) is 15.7. The number of rotatable bonds is 5. The van der Waals surface area contributed by atoms with E-state index in [1.165, 1.54) is 6.42 Å². The Hall–Kier alpha value is -2.96. The third-order valence-corrected chi connectivity index (χ3v) is 5.35. The molecule has 7 nitrogen and oxygen atoms in total. The van der Waals surface area contributed by atoms with Gasteiger partial charge in [-0.15, -0.1) is 0 Å². The SMILES string of the molecule is COc1cc(Cc2cnc(N)nc2N)c2c(c1OC)OC(C1CC1C)C=C2. The van der Waals surface area contributed by atoms with Crippen LogP contribution in [-0.4, -0.2) is 30.3 Å². The Morgan fingerprint density at radius 3 is 2.63 bits per heavy atom. The van der Waals surface area contributed by atoms with Crippen molar-refractivity contribution in [2.24, 2.45) is 11.8 Å². The summed E-state index contributed by atoms with van der Waals surface area (Å²) in [6, 6.07) is 1.95. The Kier molecular flexibility index (Phi) is 4.30. The summed E-state index contributed by atoms with van der Waals surface area (Å²) < 4.78 is 17.5. The van der Waals surface area contributed by atoms with Gasteiger partial charge in [0.1, 0.15) is 11.9 Å². The Morgan fingerprint density at radius 2 is 2.00 bits per heavy atom. The molecule has 4 N–H and O–H groups in total. The second kappa shape index (κ2) is 6.64. The van der Waals surface area contributed by atoms with Gasteiger partial charge in [0.25, 0.3) is 0 Å². The number of nitrogens with two attached hydrogens (primary N) is 2. The van der Waals surface area contributed by atoms with E-state index in [-0.39, 0.29) is 12.1 Å². The maximum atomic E-state index is 6.34. The fourth-order valence-corrected chi connectivity index (χ4v) is 3.65. The first-order chi connectivity index (χ1) is 13.0. The van der Waals surface area contributed by atoms with Gasteiger partial charge in [-0.2, -0.15) is 4.98 Å². The lowest BCUT2D eigenvalue weighted by Gasteiger charge is -2.26. The van der Waals surface area contributed by atoms with E-state index in [0.29, 0.717) is 41.3 Å². The van der Waals surface area contributed by atoms with Crippen molar-refractivity contribution in [1.82, 2.24) is 9.97 Å². The van der Waals surface area contributed by atoms with Gasteiger partial charge in [0.2, 0.25) is 11.7 Å². The van der Waals surface area contributed by atoms with Gasteiger partial charge in [-0.25, -0.2) is 4.98 Å². The summed E-state index contributed by atoms with van der Waals surface area (Å²) in [5.41, 5.74) is 14.4. The van der Waals surface area contributed by atoms with Crippen molar-refractivity contribution in [2.45, 2.75) is 25.9 Å². The second-order valence-electron chi connectivity index (χ2n) is 7.15. The van der Waals surface area contributed by atoms with Gasteiger partial charge in [-0.3, -0.25) is 0 Å². The summed E-state index contributed by atoms with van der Waals surface area (Å²) in [7, 11) is 3.24. The molecule has 4 rings (SSSR count). The van der Waals surface area contributed by atoms with Gasteiger partial charge >= 0.3 is 0 Å². The first kappa shape index (κ1) is 17.5. The van der Waals surface area contributed by atoms with Crippen molar-refractivity contribution in [3.63, 3.8) is 0 Å². The predicted octanol–water partition coefficient (Wildman–Crippen LogP) is 2.68. The molecule has 0 amide bonds. The number of ether oxygens (including phenoxy) is 3. The molecule has 1 aliphatic heterocycles. The molecule has 0 radical (unpaired) electrons. The zero-order valence-corrected chi connectivity index (χ0v) is 15.7. The lowest BCUT2D eigenvalue weighted by atomic mass is 9.96. The molecule has 1 aromatic carbocycles. The van der Waals surface area contributed by atoms with Crippen LogP contribution in [0.3, 0.4) is 0 Å². The van der Waals surface area contributed by atoms with Crippen molar-refractivity contribution >= 4 is 17.8 Å². The van der Waals surface area contributed by atoms with E-state index in [1.54, 1.807) is 20.4 Å². The number of anilines is 2. The van der Waals surface area contributed by atoms with E-state index in [4.69, 9.17) is 25.7 Å². The van der Waals surface area contributed by atoms with Crippen molar-refractivity contribution in [1.29, 1.82) is 0 Å². The predicted molar refractivity (Wildman–Crippen MR) is 104 cm³/mol. The zero-order chi connectivity index (χ0) is 19.1. The summed E-state index contributed by atoms with van der Waals surface area (Å²) in [5.74, 6) is 3.72. The Morgan fingerprint density at radius 1 is 1.22 bits per heavy atom. The van der Waals surface area contributed by atoms with Crippen molar-refractivity contribution in [3.05, 3.63) is 35.0 Å². The average Bonchev–Trinajstić information content (AvgIpc) is 3.39. The number of hydrogen-bond acceptors (Lipinski definition) is 7. The van der Waals surface area contributed by atoms with Gasteiger partial charge in [-0.05, 0) is 30.0 Å². The van der Waals surface area contributed by atoms with Crippen LogP contribution in [0.4, 0.5) is 11.8 Å². The van der Waals surface area contributed by atoms with Gasteiger partial charge in [0.15, 0.2) is 11.5 Å². The molecule has 27 heavy (non-hydrogen) atoms. The normalized spacial score (nSPS) is 22.7. The minimum atomic E-state index is 0.0614. The first-order valence-electron chi connectivity index (χ1n) is 9.01. The molecule has 0 bridgehead atoms. The summed E-state index contributed by atoms with van der Waals surface area (Å²) in [6.45, 7) is 2.25. The van der Waals surface area contributed by atoms with Crippen LogP contribution in [-0.2, 0) is 6.42 Å². The van der Waals surface area contributed by atoms with E-state index in [9.17, 15) is 0 Å². The molecule has 2 aliphatic rings. The molecule has 7 heteroatoms. The molecule has 142 valence electrons. The highest BCUT2D eigenvalue weighted by Gasteiger charge is 2.41. The number of fused-ring (bicyclic) bond motifs is 1. The maximum Gasteiger partial charge on any atom is 0.221 e. The van der Waals surface area contributed by atoms with Crippen molar-refractivity contribution in [2.75, 3.05) is 25.7 Å². The highest BCUT2D eigenvalue weighted by atomic mass is 16.5. The van der Waals surface area contributed by atoms with Crippen LogP contribution in [0.2, 0.25) is 0 Å². The van der Waals surface area contributed by atoms with Crippen LogP contribution in [0.15, 0.2) is 18.3 Å².